The lowest BCUT2D eigenvalue weighted by molar-refractivity contribution is 0.466. The number of unbranched alkanes of at least 4 members (excludes halogenated alkanes) is 7. The first-order valence-corrected chi connectivity index (χ1v) is 10.7. The van der Waals surface area contributed by atoms with Gasteiger partial charge in [0.1, 0.15) is 5.52 Å². The first-order valence-electron chi connectivity index (χ1n) is 10.7. The van der Waals surface area contributed by atoms with Crippen LogP contribution in [0.1, 0.15) is 76.7 Å². The molecule has 0 spiro atoms. The summed E-state index contributed by atoms with van der Waals surface area (Å²) in [6.07, 6.45) is 14.3. The second-order valence-corrected chi connectivity index (χ2v) is 7.71. The normalized spacial score (nSPS) is 15.6. The lowest BCUT2D eigenvalue weighted by Crippen LogP contribution is -2.35. The van der Waals surface area contributed by atoms with Gasteiger partial charge in [-0.05, 0) is 56.5 Å². The lowest BCUT2D eigenvalue weighted by atomic mass is 10.0. The minimum Gasteiger partial charge on any atom is -0.424 e. The summed E-state index contributed by atoms with van der Waals surface area (Å²) in [6, 6.07) is 7.63. The van der Waals surface area contributed by atoms with Gasteiger partial charge in [-0.25, -0.2) is 0 Å². The van der Waals surface area contributed by atoms with Crippen molar-refractivity contribution in [3.63, 3.8) is 0 Å². The highest BCUT2D eigenvalue weighted by molar-refractivity contribution is 5.75. The maximum Gasteiger partial charge on any atom is 0.295 e. The SMILES string of the molecule is CCCCCCCCCCc1ccc2oc(NC3CCNCC3)nc2c1. The van der Waals surface area contributed by atoms with Gasteiger partial charge in [-0.2, -0.15) is 4.98 Å². The standard InChI is InChI=1S/C22H35N3O/c1-2-3-4-5-6-7-8-9-10-18-11-12-21-20(17-18)25-22(26-21)24-19-13-15-23-16-14-19/h11-12,17,19,23H,2-10,13-16H2,1H3,(H,24,25). The van der Waals surface area contributed by atoms with E-state index in [1.54, 1.807) is 0 Å². The topological polar surface area (TPSA) is 50.1 Å². The van der Waals surface area contributed by atoms with Gasteiger partial charge >= 0.3 is 0 Å². The highest BCUT2D eigenvalue weighted by Gasteiger charge is 2.15. The number of benzene rings is 1. The molecule has 0 unspecified atom stereocenters. The van der Waals surface area contributed by atoms with Gasteiger partial charge in [0.05, 0.1) is 0 Å². The van der Waals surface area contributed by atoms with Crippen molar-refractivity contribution in [1.82, 2.24) is 10.3 Å². The van der Waals surface area contributed by atoms with Crippen LogP contribution in [0.3, 0.4) is 0 Å². The molecule has 0 atom stereocenters. The largest absolute Gasteiger partial charge is 0.424 e. The Morgan fingerprint density at radius 1 is 1.04 bits per heavy atom. The summed E-state index contributed by atoms with van der Waals surface area (Å²) in [7, 11) is 0. The minimum absolute atomic E-state index is 0.473. The van der Waals surface area contributed by atoms with Gasteiger partial charge in [0.15, 0.2) is 5.58 Å². The van der Waals surface area contributed by atoms with E-state index in [4.69, 9.17) is 4.42 Å². The van der Waals surface area contributed by atoms with Crippen LogP contribution in [-0.2, 0) is 6.42 Å². The van der Waals surface area contributed by atoms with Crippen LogP contribution in [0.25, 0.3) is 11.1 Å². The number of aromatic nitrogens is 1. The molecule has 4 nitrogen and oxygen atoms in total. The molecule has 0 saturated carbocycles. The minimum atomic E-state index is 0.473. The third-order valence-electron chi connectivity index (χ3n) is 5.44. The fraction of sp³-hybridized carbons (Fsp3) is 0.682. The smallest absolute Gasteiger partial charge is 0.295 e. The molecule has 1 aromatic carbocycles. The summed E-state index contributed by atoms with van der Waals surface area (Å²) in [4.78, 5) is 4.66. The van der Waals surface area contributed by atoms with Gasteiger partial charge in [0.25, 0.3) is 6.01 Å². The number of hydrogen-bond donors (Lipinski definition) is 2. The van der Waals surface area contributed by atoms with Crippen LogP contribution in [0.2, 0.25) is 0 Å². The predicted octanol–water partition coefficient (Wildman–Crippen LogP) is 5.67. The third kappa shape index (κ3) is 6.01. The zero-order valence-electron chi connectivity index (χ0n) is 16.4. The van der Waals surface area contributed by atoms with E-state index in [0.29, 0.717) is 12.1 Å². The summed E-state index contributed by atoms with van der Waals surface area (Å²) >= 11 is 0. The van der Waals surface area contributed by atoms with E-state index in [1.165, 1.54) is 56.9 Å². The molecule has 1 aliphatic heterocycles. The average molecular weight is 358 g/mol. The van der Waals surface area contributed by atoms with Crippen LogP contribution in [0, 0.1) is 0 Å². The van der Waals surface area contributed by atoms with Crippen LogP contribution in [0.5, 0.6) is 0 Å². The number of oxazole rings is 1. The summed E-state index contributed by atoms with van der Waals surface area (Å²) in [5.74, 6) is 0. The molecule has 2 aromatic rings. The molecular formula is C22H35N3O. The van der Waals surface area contributed by atoms with Gasteiger partial charge in [0.2, 0.25) is 0 Å². The summed E-state index contributed by atoms with van der Waals surface area (Å²) in [5, 5.41) is 6.84. The maximum atomic E-state index is 5.87. The average Bonchev–Trinajstić information content (AvgIpc) is 3.06. The number of nitrogens with one attached hydrogen (secondary N) is 2. The number of aryl methyl sites for hydroxylation is 1. The fourth-order valence-electron chi connectivity index (χ4n) is 3.79. The van der Waals surface area contributed by atoms with Gasteiger partial charge < -0.3 is 15.1 Å². The number of hydrogen-bond acceptors (Lipinski definition) is 4. The van der Waals surface area contributed by atoms with E-state index in [0.717, 1.165) is 43.5 Å². The number of piperidine rings is 1. The molecule has 4 heteroatoms. The number of nitrogens with zero attached hydrogens (tertiary/aromatic N) is 1. The Balaban J connectivity index is 1.42. The molecule has 1 aliphatic rings. The summed E-state index contributed by atoms with van der Waals surface area (Å²) in [5.41, 5.74) is 3.25. The number of rotatable bonds is 11. The monoisotopic (exact) mass is 357 g/mol. The van der Waals surface area contributed by atoms with E-state index in [9.17, 15) is 0 Å². The van der Waals surface area contributed by atoms with Crippen molar-refractivity contribution in [2.75, 3.05) is 18.4 Å². The third-order valence-corrected chi connectivity index (χ3v) is 5.44. The van der Waals surface area contributed by atoms with Crippen LogP contribution in [-0.4, -0.2) is 24.1 Å². The van der Waals surface area contributed by atoms with Crippen LogP contribution in [0.15, 0.2) is 22.6 Å². The van der Waals surface area contributed by atoms with Crippen LogP contribution in [0.4, 0.5) is 6.01 Å². The first kappa shape index (κ1) is 19.2. The highest BCUT2D eigenvalue weighted by atomic mass is 16.4. The van der Waals surface area contributed by atoms with Gasteiger partial charge in [-0.3, -0.25) is 0 Å². The number of anilines is 1. The highest BCUT2D eigenvalue weighted by Crippen LogP contribution is 2.23. The molecule has 26 heavy (non-hydrogen) atoms. The fourth-order valence-corrected chi connectivity index (χ4v) is 3.79. The Labute approximate surface area is 158 Å². The Hall–Kier alpha value is -1.55. The van der Waals surface area contributed by atoms with E-state index in [2.05, 4.69) is 40.7 Å². The van der Waals surface area contributed by atoms with Crippen molar-refractivity contribution in [3.05, 3.63) is 23.8 Å². The van der Waals surface area contributed by atoms with Gasteiger partial charge in [-0.15, -0.1) is 0 Å². The molecule has 0 amide bonds. The lowest BCUT2D eigenvalue weighted by Gasteiger charge is -2.22. The molecule has 3 rings (SSSR count). The Morgan fingerprint density at radius 3 is 2.54 bits per heavy atom. The van der Waals surface area contributed by atoms with Crippen molar-refractivity contribution in [3.8, 4) is 0 Å². The van der Waals surface area contributed by atoms with E-state index >= 15 is 0 Å². The first-order chi connectivity index (χ1) is 12.8. The van der Waals surface area contributed by atoms with Gasteiger partial charge in [0, 0.05) is 6.04 Å². The van der Waals surface area contributed by atoms with E-state index < -0.39 is 0 Å². The second kappa shape index (κ2) is 10.6. The quantitative estimate of drug-likeness (QED) is 0.508. The summed E-state index contributed by atoms with van der Waals surface area (Å²) in [6.45, 7) is 4.42. The van der Waals surface area contributed by atoms with Gasteiger partial charge in [-0.1, -0.05) is 57.9 Å². The zero-order chi connectivity index (χ0) is 18.0. The Kier molecular flexibility index (Phi) is 7.81. The molecule has 1 aromatic heterocycles. The van der Waals surface area contributed by atoms with Crippen LogP contribution < -0.4 is 10.6 Å². The van der Waals surface area contributed by atoms with Crippen molar-refractivity contribution in [1.29, 1.82) is 0 Å². The summed E-state index contributed by atoms with van der Waals surface area (Å²) < 4.78 is 5.87. The van der Waals surface area contributed by atoms with Crippen molar-refractivity contribution in [2.45, 2.75) is 83.6 Å². The van der Waals surface area contributed by atoms with Crippen molar-refractivity contribution < 1.29 is 4.42 Å². The maximum absolute atomic E-state index is 5.87. The Bertz CT molecular complexity index is 646. The van der Waals surface area contributed by atoms with Crippen molar-refractivity contribution >= 4 is 17.1 Å². The van der Waals surface area contributed by atoms with Crippen LogP contribution >= 0.6 is 0 Å². The molecule has 0 bridgehead atoms. The molecule has 0 aliphatic carbocycles. The molecule has 1 fully saturated rings. The van der Waals surface area contributed by atoms with E-state index in [-0.39, 0.29) is 0 Å². The molecular weight excluding hydrogens is 322 g/mol. The van der Waals surface area contributed by atoms with Crippen molar-refractivity contribution in [2.24, 2.45) is 0 Å². The molecule has 2 heterocycles. The molecule has 144 valence electrons. The molecule has 0 radical (unpaired) electrons. The molecule has 2 N–H and O–H groups in total. The Morgan fingerprint density at radius 2 is 1.77 bits per heavy atom. The number of fused-ring (bicyclic) bond motifs is 1. The predicted molar refractivity (Wildman–Crippen MR) is 110 cm³/mol. The van der Waals surface area contributed by atoms with E-state index in [1.807, 2.05) is 0 Å². The molecule has 1 saturated heterocycles. The second-order valence-electron chi connectivity index (χ2n) is 7.71. The zero-order valence-corrected chi connectivity index (χ0v) is 16.4.